The van der Waals surface area contributed by atoms with Gasteiger partial charge in [0, 0.05) is 22.0 Å². The van der Waals surface area contributed by atoms with E-state index in [1.165, 1.54) is 13.8 Å². The number of hydrogen-bond donors (Lipinski definition) is 10. The van der Waals surface area contributed by atoms with Gasteiger partial charge in [-0.1, -0.05) is 31.9 Å². The summed E-state index contributed by atoms with van der Waals surface area (Å²) in [5, 5.41) is 5.39. The van der Waals surface area contributed by atoms with Crippen LogP contribution in [0.5, 0.6) is 0 Å². The standard InChI is InChI=1S/2C11H13BrN3O5P/c2*1-5(21(18,19)20)13-4-6-2-7(12)3-8-9(6)15-11(17)10(16)14-8/h2*2-3,5,13H,4H2,1H3,(H,14,16)(H,15,17)(H2,18,19,20)/t2*5-/m00/s1. The van der Waals surface area contributed by atoms with E-state index in [9.17, 15) is 28.3 Å². The van der Waals surface area contributed by atoms with Crippen molar-refractivity contribution in [2.75, 3.05) is 0 Å². The molecule has 0 radical (unpaired) electrons. The summed E-state index contributed by atoms with van der Waals surface area (Å²) in [5.41, 5.74) is -0.235. The zero-order valence-corrected chi connectivity index (χ0v) is 26.7. The minimum Gasteiger partial charge on any atom is -0.323 e. The smallest absolute Gasteiger partial charge is 0.323 e. The van der Waals surface area contributed by atoms with Crippen LogP contribution in [0, 0.1) is 0 Å². The Morgan fingerprint density at radius 2 is 0.952 bits per heavy atom. The van der Waals surface area contributed by atoms with Crippen LogP contribution in [0.2, 0.25) is 0 Å². The molecule has 16 nitrogen and oxygen atoms in total. The van der Waals surface area contributed by atoms with Crippen LogP contribution in [0.4, 0.5) is 0 Å². The van der Waals surface area contributed by atoms with Crippen LogP contribution >= 0.6 is 47.1 Å². The molecule has 228 valence electrons. The van der Waals surface area contributed by atoms with Crippen molar-refractivity contribution in [1.29, 1.82) is 0 Å². The van der Waals surface area contributed by atoms with Gasteiger partial charge in [0.15, 0.2) is 0 Å². The molecule has 0 fully saturated rings. The van der Waals surface area contributed by atoms with Crippen LogP contribution in [-0.4, -0.2) is 51.1 Å². The van der Waals surface area contributed by atoms with Gasteiger partial charge >= 0.3 is 37.4 Å². The molecule has 0 spiro atoms. The first-order valence-electron chi connectivity index (χ1n) is 11.8. The van der Waals surface area contributed by atoms with Crippen molar-refractivity contribution in [2.45, 2.75) is 38.5 Å². The molecule has 0 unspecified atom stereocenters. The summed E-state index contributed by atoms with van der Waals surface area (Å²) >= 11 is 6.55. The highest BCUT2D eigenvalue weighted by Gasteiger charge is 2.24. The maximum absolute atomic E-state index is 11.4. The lowest BCUT2D eigenvalue weighted by molar-refractivity contribution is 0.348. The number of halogens is 2. The van der Waals surface area contributed by atoms with Crippen molar-refractivity contribution in [3.05, 3.63) is 85.8 Å². The number of aromatic nitrogens is 4. The van der Waals surface area contributed by atoms with Gasteiger partial charge in [-0.15, -0.1) is 0 Å². The normalized spacial score (nSPS) is 13.5. The first-order valence-corrected chi connectivity index (χ1v) is 16.8. The lowest BCUT2D eigenvalue weighted by Crippen LogP contribution is -2.30. The third-order valence-corrected chi connectivity index (χ3v) is 9.24. The summed E-state index contributed by atoms with van der Waals surface area (Å²) in [6, 6.07) is 6.64. The number of benzene rings is 2. The van der Waals surface area contributed by atoms with Crippen LogP contribution in [0.3, 0.4) is 0 Å². The molecule has 20 heteroatoms. The molecule has 0 amide bonds. The molecular weight excluding hydrogens is 730 g/mol. The zero-order chi connectivity index (χ0) is 31.6. The molecule has 2 aromatic heterocycles. The highest BCUT2D eigenvalue weighted by atomic mass is 79.9. The van der Waals surface area contributed by atoms with Crippen molar-refractivity contribution in [3.8, 4) is 0 Å². The fraction of sp³-hybridized carbons (Fsp3) is 0.273. The molecule has 0 aliphatic heterocycles. The summed E-state index contributed by atoms with van der Waals surface area (Å²) < 4.78 is 23.5. The summed E-state index contributed by atoms with van der Waals surface area (Å²) in [7, 11) is -8.47. The van der Waals surface area contributed by atoms with E-state index in [2.05, 4.69) is 62.4 Å². The highest BCUT2D eigenvalue weighted by molar-refractivity contribution is 9.10. The Kier molecular flexibility index (Phi) is 10.9. The van der Waals surface area contributed by atoms with Crippen molar-refractivity contribution in [3.63, 3.8) is 0 Å². The third-order valence-electron chi connectivity index (χ3n) is 5.94. The minimum atomic E-state index is -4.24. The molecule has 10 N–H and O–H groups in total. The second kappa shape index (κ2) is 13.4. The van der Waals surface area contributed by atoms with E-state index in [1.807, 2.05) is 0 Å². The monoisotopic (exact) mass is 754 g/mol. The molecular formula is C22H26Br2N6O10P2. The Bertz CT molecular complexity index is 1820. The Morgan fingerprint density at radius 3 is 1.26 bits per heavy atom. The maximum atomic E-state index is 11.4. The molecule has 4 rings (SSSR count). The van der Waals surface area contributed by atoms with E-state index in [-0.39, 0.29) is 13.1 Å². The van der Waals surface area contributed by atoms with Crippen LogP contribution in [-0.2, 0) is 22.2 Å². The first-order chi connectivity index (χ1) is 19.4. The van der Waals surface area contributed by atoms with E-state index in [4.69, 9.17) is 19.6 Å². The number of nitrogens with one attached hydrogen (secondary N) is 6. The van der Waals surface area contributed by atoms with Gasteiger partial charge < -0.3 is 39.5 Å². The predicted molar refractivity (Wildman–Crippen MR) is 162 cm³/mol. The van der Waals surface area contributed by atoms with Gasteiger partial charge in [0.1, 0.15) is 11.6 Å². The number of fused-ring (bicyclic) bond motifs is 2. The van der Waals surface area contributed by atoms with Gasteiger partial charge in [0.05, 0.1) is 22.1 Å². The average molecular weight is 756 g/mol. The average Bonchev–Trinajstić information content (AvgIpc) is 2.86. The Labute approximate surface area is 252 Å². The molecule has 0 bridgehead atoms. The number of rotatable bonds is 8. The highest BCUT2D eigenvalue weighted by Crippen LogP contribution is 2.40. The van der Waals surface area contributed by atoms with E-state index in [0.29, 0.717) is 42.1 Å². The van der Waals surface area contributed by atoms with Crippen molar-refractivity contribution >= 4 is 69.1 Å². The summed E-state index contributed by atoms with van der Waals surface area (Å²) in [6.45, 7) is 2.96. The predicted octanol–water partition coefficient (Wildman–Crippen LogP) is 1.18. The van der Waals surface area contributed by atoms with E-state index in [0.717, 1.165) is 0 Å². The zero-order valence-electron chi connectivity index (χ0n) is 21.8. The second-order valence-electron chi connectivity index (χ2n) is 9.08. The molecule has 2 heterocycles. The largest absolute Gasteiger partial charge is 0.342 e. The van der Waals surface area contributed by atoms with E-state index >= 15 is 0 Å². The first kappa shape index (κ1) is 34.0. The van der Waals surface area contributed by atoms with Gasteiger partial charge in [0.25, 0.3) is 0 Å². The van der Waals surface area contributed by atoms with Crippen LogP contribution in [0.15, 0.2) is 52.4 Å². The fourth-order valence-corrected chi connectivity index (χ4v) is 5.22. The number of aromatic amines is 4. The second-order valence-corrected chi connectivity index (χ2v) is 14.8. The Hall–Kier alpha value is -2.50. The summed E-state index contributed by atoms with van der Waals surface area (Å²) in [6.07, 6.45) is 0. The topological polar surface area (TPSA) is 271 Å². The number of hydrogen-bond acceptors (Lipinski definition) is 8. The quantitative estimate of drug-likeness (QED) is 0.0898. The molecule has 0 saturated heterocycles. The maximum Gasteiger partial charge on any atom is 0.342 e. The van der Waals surface area contributed by atoms with E-state index < -0.39 is 49.0 Å². The molecule has 2 aromatic carbocycles. The van der Waals surface area contributed by atoms with E-state index in [1.54, 1.807) is 24.3 Å². The van der Waals surface area contributed by atoms with Gasteiger partial charge in [-0.2, -0.15) is 0 Å². The molecule has 0 saturated carbocycles. The van der Waals surface area contributed by atoms with Gasteiger partial charge in [-0.05, 0) is 49.2 Å². The van der Waals surface area contributed by atoms with Gasteiger partial charge in [-0.3, -0.25) is 38.9 Å². The molecule has 2 atom stereocenters. The fourth-order valence-electron chi connectivity index (χ4n) is 3.55. The molecule has 4 aromatic rings. The molecule has 42 heavy (non-hydrogen) atoms. The lowest BCUT2D eigenvalue weighted by Gasteiger charge is -2.16. The SMILES string of the molecule is C[C@@H](NCc1cc(Br)cc2[nH]c(=O)c(=O)[nH]c12)P(=O)(O)O.C[C@@H](NCc1cc(Br)cc2[nH]c(=O)c(=O)[nH]c12)P(=O)(O)O. The summed E-state index contributed by atoms with van der Waals surface area (Å²) in [4.78, 5) is 91.5. The van der Waals surface area contributed by atoms with Crippen LogP contribution in [0.1, 0.15) is 25.0 Å². The Balaban J connectivity index is 0.000000230. The van der Waals surface area contributed by atoms with Gasteiger partial charge in [-0.25, -0.2) is 0 Å². The minimum absolute atomic E-state index is 0.115. The lowest BCUT2D eigenvalue weighted by atomic mass is 10.1. The van der Waals surface area contributed by atoms with Gasteiger partial charge in [0.2, 0.25) is 0 Å². The molecule has 0 aliphatic carbocycles. The van der Waals surface area contributed by atoms with Crippen LogP contribution in [0.25, 0.3) is 22.1 Å². The van der Waals surface area contributed by atoms with Crippen molar-refractivity contribution in [1.82, 2.24) is 30.6 Å². The molecule has 0 aliphatic rings. The summed E-state index contributed by atoms with van der Waals surface area (Å²) in [5.74, 6) is -2.05. The van der Waals surface area contributed by atoms with Crippen LogP contribution < -0.4 is 32.9 Å². The third kappa shape index (κ3) is 8.76. The van der Waals surface area contributed by atoms with Crippen molar-refractivity contribution in [2.24, 2.45) is 0 Å². The van der Waals surface area contributed by atoms with Crippen molar-refractivity contribution < 1.29 is 28.7 Å². The number of H-pyrrole nitrogens is 4. The Morgan fingerprint density at radius 1 is 0.643 bits per heavy atom.